The molecule has 0 aliphatic rings. The van der Waals surface area contributed by atoms with Crippen LogP contribution in [0, 0.1) is 0 Å². The molecule has 152 valence electrons. The van der Waals surface area contributed by atoms with Gasteiger partial charge in [-0.25, -0.2) is 4.79 Å². The lowest BCUT2D eigenvalue weighted by molar-refractivity contribution is 0.0411. The number of halogens is 4. The molecule has 0 aliphatic heterocycles. The molecule has 4 nitrogen and oxygen atoms in total. The Morgan fingerprint density at radius 3 is 1.93 bits per heavy atom. The van der Waals surface area contributed by atoms with Crippen LogP contribution in [0.5, 0.6) is 0 Å². The van der Waals surface area contributed by atoms with Crippen molar-refractivity contribution in [1.29, 1.82) is 0 Å². The van der Waals surface area contributed by atoms with Gasteiger partial charge in [-0.15, -0.1) is 0 Å². The first kappa shape index (κ1) is 20.9. The Kier molecular flexibility index (Phi) is 6.11. The fourth-order valence-corrected chi connectivity index (χ4v) is 3.58. The van der Waals surface area contributed by atoms with Gasteiger partial charge in [0.1, 0.15) is 23.9 Å². The summed E-state index contributed by atoms with van der Waals surface area (Å²) in [6, 6.07) is 17.0. The lowest BCUT2D eigenvalue weighted by Gasteiger charge is -2.04. The van der Waals surface area contributed by atoms with Crippen molar-refractivity contribution in [3.05, 3.63) is 92.3 Å². The van der Waals surface area contributed by atoms with Crippen molar-refractivity contribution in [2.45, 2.75) is 6.61 Å². The third-order valence-corrected chi connectivity index (χ3v) is 5.89. The predicted octanol–water partition coefficient (Wildman–Crippen LogP) is 8.18. The molecule has 2 heterocycles. The van der Waals surface area contributed by atoms with Gasteiger partial charge < -0.3 is 13.6 Å². The first-order valence-corrected chi connectivity index (χ1v) is 10.2. The molecule has 0 spiro atoms. The number of carbonyl (C=O) groups is 1. The van der Waals surface area contributed by atoms with Gasteiger partial charge in [-0.1, -0.05) is 58.5 Å². The van der Waals surface area contributed by atoms with Crippen molar-refractivity contribution in [3.63, 3.8) is 0 Å². The Morgan fingerprint density at radius 2 is 1.30 bits per heavy atom. The minimum absolute atomic E-state index is 0.0331. The van der Waals surface area contributed by atoms with E-state index in [1.807, 2.05) is 0 Å². The van der Waals surface area contributed by atoms with Gasteiger partial charge in [0.2, 0.25) is 5.76 Å². The summed E-state index contributed by atoms with van der Waals surface area (Å²) in [7, 11) is 0. The monoisotopic (exact) mass is 480 g/mol. The summed E-state index contributed by atoms with van der Waals surface area (Å²) in [6.45, 7) is -0.0784. The van der Waals surface area contributed by atoms with E-state index in [9.17, 15) is 4.79 Å². The summed E-state index contributed by atoms with van der Waals surface area (Å²) in [5.74, 6) is 0.762. The number of hydrogen-bond donors (Lipinski definition) is 0. The topological polar surface area (TPSA) is 52.6 Å². The van der Waals surface area contributed by atoms with Crippen LogP contribution < -0.4 is 0 Å². The molecule has 0 N–H and O–H groups in total. The summed E-state index contributed by atoms with van der Waals surface area (Å²) in [4.78, 5) is 12.3. The van der Waals surface area contributed by atoms with E-state index < -0.39 is 5.97 Å². The van der Waals surface area contributed by atoms with Gasteiger partial charge in [-0.2, -0.15) is 0 Å². The maximum atomic E-state index is 12.3. The third-order valence-electron chi connectivity index (χ3n) is 4.25. The van der Waals surface area contributed by atoms with Gasteiger partial charge in [0, 0.05) is 11.1 Å². The van der Waals surface area contributed by atoms with Crippen LogP contribution in [0.1, 0.15) is 16.3 Å². The second-order valence-corrected chi connectivity index (χ2v) is 7.78. The van der Waals surface area contributed by atoms with E-state index >= 15 is 0 Å². The molecule has 0 fully saturated rings. The molecule has 2 aromatic heterocycles. The van der Waals surface area contributed by atoms with Crippen LogP contribution >= 0.6 is 46.4 Å². The molecule has 0 aliphatic carbocycles. The summed E-state index contributed by atoms with van der Waals surface area (Å²) in [5.41, 5.74) is 1.23. The maximum absolute atomic E-state index is 12.3. The SMILES string of the molecule is O=C(OCc1ccc(-c2cccc(Cl)c2Cl)o1)c1ccc(-c2cccc(Cl)c2Cl)o1. The molecule has 8 heteroatoms. The van der Waals surface area contributed by atoms with Crippen molar-refractivity contribution in [2.24, 2.45) is 0 Å². The fraction of sp³-hybridized carbons (Fsp3) is 0.0455. The number of hydrogen-bond acceptors (Lipinski definition) is 4. The maximum Gasteiger partial charge on any atom is 0.374 e. The van der Waals surface area contributed by atoms with Crippen LogP contribution in [0.4, 0.5) is 0 Å². The fourth-order valence-electron chi connectivity index (χ4n) is 2.79. The molecule has 4 rings (SSSR count). The predicted molar refractivity (Wildman–Crippen MR) is 117 cm³/mol. The lowest BCUT2D eigenvalue weighted by Crippen LogP contribution is -2.03. The van der Waals surface area contributed by atoms with Crippen molar-refractivity contribution >= 4 is 52.4 Å². The van der Waals surface area contributed by atoms with Crippen LogP contribution in [0.15, 0.2) is 69.5 Å². The number of furan rings is 2. The minimum atomic E-state index is -0.641. The quantitative estimate of drug-likeness (QED) is 0.269. The molecule has 2 aromatic carbocycles. The number of ether oxygens (including phenoxy) is 1. The lowest BCUT2D eigenvalue weighted by atomic mass is 10.2. The van der Waals surface area contributed by atoms with Crippen LogP contribution in [0.25, 0.3) is 22.6 Å². The molecule has 0 saturated carbocycles. The van der Waals surface area contributed by atoms with E-state index in [1.54, 1.807) is 54.6 Å². The molecule has 30 heavy (non-hydrogen) atoms. The zero-order valence-electron chi connectivity index (χ0n) is 15.1. The van der Waals surface area contributed by atoms with Crippen LogP contribution in [-0.2, 0) is 11.3 Å². The smallest absolute Gasteiger partial charge is 0.374 e. The van der Waals surface area contributed by atoms with Crippen LogP contribution in [0.3, 0.4) is 0 Å². The average molecular weight is 482 g/mol. The van der Waals surface area contributed by atoms with E-state index in [0.29, 0.717) is 48.5 Å². The Morgan fingerprint density at radius 1 is 0.733 bits per heavy atom. The second-order valence-electron chi connectivity index (χ2n) is 6.21. The number of carbonyl (C=O) groups excluding carboxylic acids is 1. The first-order chi connectivity index (χ1) is 14.4. The minimum Gasteiger partial charge on any atom is -0.457 e. The summed E-state index contributed by atoms with van der Waals surface area (Å²) in [5, 5.41) is 1.55. The standard InChI is InChI=1S/C22H12Cl4O4/c23-15-5-1-3-13(20(15)25)17-8-7-12(29-17)11-28-22(27)19-10-9-18(30-19)14-4-2-6-16(24)21(14)26/h1-10H,11H2. The van der Waals surface area contributed by atoms with Crippen molar-refractivity contribution in [1.82, 2.24) is 0 Å². The Bertz CT molecular complexity index is 1230. The molecule has 0 bridgehead atoms. The van der Waals surface area contributed by atoms with E-state index in [1.165, 1.54) is 6.07 Å². The molecule has 0 radical (unpaired) electrons. The van der Waals surface area contributed by atoms with Gasteiger partial charge in [0.25, 0.3) is 0 Å². The summed E-state index contributed by atoms with van der Waals surface area (Å²) < 4.78 is 16.6. The molecule has 0 amide bonds. The average Bonchev–Trinajstić information content (AvgIpc) is 3.40. The second kappa shape index (κ2) is 8.78. The van der Waals surface area contributed by atoms with Gasteiger partial charge >= 0.3 is 5.97 Å². The van der Waals surface area contributed by atoms with E-state index in [-0.39, 0.29) is 12.4 Å². The number of esters is 1. The molecule has 0 atom stereocenters. The van der Waals surface area contributed by atoms with E-state index in [0.717, 1.165) is 0 Å². The van der Waals surface area contributed by atoms with Crippen LogP contribution in [-0.4, -0.2) is 5.97 Å². The highest BCUT2D eigenvalue weighted by molar-refractivity contribution is 6.44. The molecule has 0 saturated heterocycles. The Balaban J connectivity index is 1.45. The highest BCUT2D eigenvalue weighted by Crippen LogP contribution is 2.35. The zero-order valence-corrected chi connectivity index (χ0v) is 18.1. The van der Waals surface area contributed by atoms with Gasteiger partial charge in [0.05, 0.1) is 20.1 Å². The summed E-state index contributed by atoms with van der Waals surface area (Å²) in [6.07, 6.45) is 0. The third kappa shape index (κ3) is 4.23. The van der Waals surface area contributed by atoms with Gasteiger partial charge in [-0.05, 0) is 48.5 Å². The number of rotatable bonds is 5. The van der Waals surface area contributed by atoms with Crippen LogP contribution in [0.2, 0.25) is 20.1 Å². The Labute approximate surface area is 191 Å². The van der Waals surface area contributed by atoms with E-state index in [4.69, 9.17) is 60.0 Å². The van der Waals surface area contributed by atoms with Gasteiger partial charge in [-0.3, -0.25) is 0 Å². The largest absolute Gasteiger partial charge is 0.457 e. The van der Waals surface area contributed by atoms with Crippen molar-refractivity contribution in [3.8, 4) is 22.6 Å². The Hall–Kier alpha value is -2.37. The van der Waals surface area contributed by atoms with Gasteiger partial charge in [0.15, 0.2) is 0 Å². The zero-order chi connectivity index (χ0) is 21.3. The number of benzene rings is 2. The molecule has 4 aromatic rings. The van der Waals surface area contributed by atoms with Crippen molar-refractivity contribution < 1.29 is 18.4 Å². The summed E-state index contributed by atoms with van der Waals surface area (Å²) >= 11 is 24.5. The highest BCUT2D eigenvalue weighted by Gasteiger charge is 2.17. The van der Waals surface area contributed by atoms with E-state index in [2.05, 4.69) is 0 Å². The molecular formula is C22H12Cl4O4. The first-order valence-electron chi connectivity index (χ1n) is 8.68. The normalized spacial score (nSPS) is 10.9. The molecular weight excluding hydrogens is 470 g/mol. The molecule has 0 unspecified atom stereocenters. The van der Waals surface area contributed by atoms with Crippen molar-refractivity contribution in [2.75, 3.05) is 0 Å². The highest BCUT2D eigenvalue weighted by atomic mass is 35.5.